The van der Waals surface area contributed by atoms with Crippen molar-refractivity contribution in [3.63, 3.8) is 0 Å². The standard InChI is InChI=1S/C13H15N.C8H17N/c1-10-7-12(9-13(14)8-10)11-5-3-2-4-6-11;1-2-6-9-7-4-3-5-8-9/h2-6,8,12H,1,7,9,14H2;2-8H2,1H3. The Kier molecular flexibility index (Phi) is 7.41. The molecular formula is C21H32N2. The molecule has 0 aromatic heterocycles. The second-order valence-corrected chi connectivity index (χ2v) is 6.80. The molecule has 0 radical (unpaired) electrons. The van der Waals surface area contributed by atoms with Crippen LogP contribution in [0.4, 0.5) is 0 Å². The third-order valence-electron chi connectivity index (χ3n) is 4.64. The number of likely N-dealkylation sites (tertiary alicyclic amines) is 1. The highest BCUT2D eigenvalue weighted by atomic mass is 15.1. The number of rotatable bonds is 3. The topological polar surface area (TPSA) is 29.3 Å². The summed E-state index contributed by atoms with van der Waals surface area (Å²) in [7, 11) is 0. The fourth-order valence-corrected chi connectivity index (χ4v) is 3.51. The van der Waals surface area contributed by atoms with Crippen LogP contribution in [0.3, 0.4) is 0 Å². The Hall–Kier alpha value is -1.54. The Labute approximate surface area is 142 Å². The first-order valence-corrected chi connectivity index (χ1v) is 9.10. The molecule has 2 nitrogen and oxygen atoms in total. The van der Waals surface area contributed by atoms with Gasteiger partial charge in [-0.3, -0.25) is 0 Å². The highest BCUT2D eigenvalue weighted by molar-refractivity contribution is 5.31. The van der Waals surface area contributed by atoms with Crippen molar-refractivity contribution in [2.75, 3.05) is 19.6 Å². The van der Waals surface area contributed by atoms with Crippen LogP contribution in [0.5, 0.6) is 0 Å². The zero-order chi connectivity index (χ0) is 16.5. The second kappa shape index (κ2) is 9.57. The van der Waals surface area contributed by atoms with Crippen LogP contribution in [-0.2, 0) is 0 Å². The molecule has 2 aliphatic rings. The van der Waals surface area contributed by atoms with Crippen LogP contribution in [0.2, 0.25) is 0 Å². The maximum atomic E-state index is 5.85. The minimum atomic E-state index is 0.522. The van der Waals surface area contributed by atoms with Gasteiger partial charge in [-0.25, -0.2) is 0 Å². The number of allylic oxidation sites excluding steroid dienone is 3. The zero-order valence-corrected chi connectivity index (χ0v) is 14.6. The lowest BCUT2D eigenvalue weighted by atomic mass is 9.84. The quantitative estimate of drug-likeness (QED) is 0.865. The van der Waals surface area contributed by atoms with Gasteiger partial charge in [0.15, 0.2) is 0 Å². The van der Waals surface area contributed by atoms with Crippen LogP contribution in [0.15, 0.2) is 54.3 Å². The molecule has 2 N–H and O–H groups in total. The average molecular weight is 313 g/mol. The smallest absolute Gasteiger partial charge is 0.00892 e. The van der Waals surface area contributed by atoms with E-state index in [1.54, 1.807) is 0 Å². The summed E-state index contributed by atoms with van der Waals surface area (Å²) >= 11 is 0. The van der Waals surface area contributed by atoms with Gasteiger partial charge in [-0.1, -0.05) is 55.8 Å². The van der Waals surface area contributed by atoms with E-state index in [1.165, 1.54) is 50.9 Å². The van der Waals surface area contributed by atoms with Gasteiger partial charge in [-0.2, -0.15) is 0 Å². The third-order valence-corrected chi connectivity index (χ3v) is 4.64. The second-order valence-electron chi connectivity index (χ2n) is 6.80. The summed E-state index contributed by atoms with van der Waals surface area (Å²) in [6, 6.07) is 10.5. The fraction of sp³-hybridized carbons (Fsp3) is 0.524. The van der Waals surface area contributed by atoms with Crippen molar-refractivity contribution >= 4 is 0 Å². The molecule has 1 aromatic carbocycles. The molecule has 1 heterocycles. The summed E-state index contributed by atoms with van der Waals surface area (Å²) in [4.78, 5) is 2.57. The van der Waals surface area contributed by atoms with Crippen LogP contribution >= 0.6 is 0 Å². The van der Waals surface area contributed by atoms with Crippen molar-refractivity contribution in [2.45, 2.75) is 51.4 Å². The Morgan fingerprint density at radius 2 is 1.78 bits per heavy atom. The van der Waals surface area contributed by atoms with E-state index in [0.717, 1.165) is 24.1 Å². The summed E-state index contributed by atoms with van der Waals surface area (Å²) < 4.78 is 0. The molecule has 1 aromatic rings. The molecule has 2 heteroatoms. The highest BCUT2D eigenvalue weighted by Gasteiger charge is 2.17. The van der Waals surface area contributed by atoms with Gasteiger partial charge < -0.3 is 10.6 Å². The SMILES string of the molecule is C=C1C=C(N)CC(c2ccccc2)C1.CCCN1CCCCC1. The van der Waals surface area contributed by atoms with Crippen molar-refractivity contribution < 1.29 is 0 Å². The zero-order valence-electron chi connectivity index (χ0n) is 14.6. The van der Waals surface area contributed by atoms with Gasteiger partial charge in [0, 0.05) is 5.70 Å². The van der Waals surface area contributed by atoms with Gasteiger partial charge in [0.1, 0.15) is 0 Å². The Morgan fingerprint density at radius 1 is 1.09 bits per heavy atom. The lowest BCUT2D eigenvalue weighted by Crippen LogP contribution is -2.30. The average Bonchev–Trinajstić information content (AvgIpc) is 2.57. The van der Waals surface area contributed by atoms with E-state index in [-0.39, 0.29) is 0 Å². The summed E-state index contributed by atoms with van der Waals surface area (Å²) in [6.45, 7) is 10.3. The molecule has 0 spiro atoms. The maximum Gasteiger partial charge on any atom is 0.00892 e. The van der Waals surface area contributed by atoms with Crippen LogP contribution in [0.1, 0.15) is 56.9 Å². The van der Waals surface area contributed by atoms with Gasteiger partial charge in [0.05, 0.1) is 0 Å². The Balaban J connectivity index is 0.000000185. The van der Waals surface area contributed by atoms with E-state index < -0.39 is 0 Å². The minimum Gasteiger partial charge on any atom is -0.402 e. The monoisotopic (exact) mass is 312 g/mol. The van der Waals surface area contributed by atoms with E-state index in [0.29, 0.717) is 5.92 Å². The maximum absolute atomic E-state index is 5.85. The predicted molar refractivity (Wildman–Crippen MR) is 100 cm³/mol. The number of hydrogen-bond acceptors (Lipinski definition) is 2. The number of benzene rings is 1. The molecule has 3 rings (SSSR count). The molecule has 23 heavy (non-hydrogen) atoms. The van der Waals surface area contributed by atoms with Gasteiger partial charge >= 0.3 is 0 Å². The summed E-state index contributed by atoms with van der Waals surface area (Å²) in [6.07, 6.45) is 9.63. The number of piperidine rings is 1. The van der Waals surface area contributed by atoms with Crippen molar-refractivity contribution in [3.8, 4) is 0 Å². The molecule has 1 aliphatic heterocycles. The van der Waals surface area contributed by atoms with Crippen molar-refractivity contribution in [3.05, 3.63) is 59.8 Å². The summed E-state index contributed by atoms with van der Waals surface area (Å²) in [5.41, 5.74) is 9.31. The van der Waals surface area contributed by atoms with Crippen LogP contribution < -0.4 is 5.73 Å². The predicted octanol–water partition coefficient (Wildman–Crippen LogP) is 4.85. The van der Waals surface area contributed by atoms with E-state index in [9.17, 15) is 0 Å². The normalized spacial score (nSPS) is 22.0. The number of hydrogen-bond donors (Lipinski definition) is 1. The van der Waals surface area contributed by atoms with E-state index in [4.69, 9.17) is 5.73 Å². The third kappa shape index (κ3) is 6.23. The summed E-state index contributed by atoms with van der Waals surface area (Å²) in [5, 5.41) is 0. The molecule has 1 fully saturated rings. The molecule has 1 aliphatic carbocycles. The van der Waals surface area contributed by atoms with Gasteiger partial charge in [0.25, 0.3) is 0 Å². The van der Waals surface area contributed by atoms with E-state index in [1.807, 2.05) is 12.1 Å². The molecule has 1 unspecified atom stereocenters. The van der Waals surface area contributed by atoms with Gasteiger partial charge in [0.2, 0.25) is 0 Å². The fourth-order valence-electron chi connectivity index (χ4n) is 3.51. The first-order valence-electron chi connectivity index (χ1n) is 9.10. The van der Waals surface area contributed by atoms with Gasteiger partial charge in [-0.05, 0) is 69.3 Å². The van der Waals surface area contributed by atoms with Gasteiger partial charge in [-0.15, -0.1) is 0 Å². The molecular weight excluding hydrogens is 280 g/mol. The molecule has 0 saturated carbocycles. The van der Waals surface area contributed by atoms with Crippen molar-refractivity contribution in [1.82, 2.24) is 4.90 Å². The molecule has 126 valence electrons. The Morgan fingerprint density at radius 3 is 2.39 bits per heavy atom. The Bertz CT molecular complexity index is 495. The lowest BCUT2D eigenvalue weighted by molar-refractivity contribution is 0.229. The minimum absolute atomic E-state index is 0.522. The van der Waals surface area contributed by atoms with Crippen LogP contribution in [-0.4, -0.2) is 24.5 Å². The number of nitrogens with zero attached hydrogens (tertiary/aromatic N) is 1. The van der Waals surface area contributed by atoms with Crippen molar-refractivity contribution in [1.29, 1.82) is 0 Å². The van der Waals surface area contributed by atoms with Crippen LogP contribution in [0.25, 0.3) is 0 Å². The molecule has 1 saturated heterocycles. The summed E-state index contributed by atoms with van der Waals surface area (Å²) in [5.74, 6) is 0.522. The molecule has 0 bridgehead atoms. The first-order chi connectivity index (χ1) is 11.2. The number of nitrogens with two attached hydrogens (primary N) is 1. The lowest BCUT2D eigenvalue weighted by Gasteiger charge is -2.25. The van der Waals surface area contributed by atoms with E-state index in [2.05, 4.69) is 42.7 Å². The molecule has 1 atom stereocenters. The molecule has 0 amide bonds. The largest absolute Gasteiger partial charge is 0.402 e. The van der Waals surface area contributed by atoms with E-state index >= 15 is 0 Å². The van der Waals surface area contributed by atoms with Crippen LogP contribution in [0, 0.1) is 0 Å². The first kappa shape index (κ1) is 17.8. The highest BCUT2D eigenvalue weighted by Crippen LogP contribution is 2.32. The van der Waals surface area contributed by atoms with Crippen molar-refractivity contribution in [2.24, 2.45) is 5.73 Å².